The van der Waals surface area contributed by atoms with Crippen LogP contribution in [0.5, 0.6) is 0 Å². The average Bonchev–Trinajstić information content (AvgIpc) is 2.74. The van der Waals surface area contributed by atoms with Gasteiger partial charge in [-0.3, -0.25) is 9.20 Å². The summed E-state index contributed by atoms with van der Waals surface area (Å²) in [4.78, 5) is 32.8. The summed E-state index contributed by atoms with van der Waals surface area (Å²) in [5.74, 6) is -1.14. The van der Waals surface area contributed by atoms with E-state index in [0.717, 1.165) is 5.56 Å². The van der Waals surface area contributed by atoms with Gasteiger partial charge in [-0.25, -0.2) is 14.8 Å². The highest BCUT2D eigenvalue weighted by molar-refractivity contribution is 6.30. The summed E-state index contributed by atoms with van der Waals surface area (Å²) in [7, 11) is 0. The van der Waals surface area contributed by atoms with Crippen LogP contribution in [0.3, 0.4) is 0 Å². The van der Waals surface area contributed by atoms with Crippen LogP contribution in [0, 0.1) is 0 Å². The van der Waals surface area contributed by atoms with Crippen LogP contribution in [0.25, 0.3) is 16.9 Å². The maximum Gasteiger partial charge on any atom is 0.356 e. The molecular weight excluding hydrogens is 404 g/mol. The van der Waals surface area contributed by atoms with Gasteiger partial charge in [0.2, 0.25) is 0 Å². The number of carbonyl (C=O) groups is 1. The van der Waals surface area contributed by atoms with Gasteiger partial charge in [-0.2, -0.15) is 0 Å². The largest absolute Gasteiger partial charge is 0.476 e. The third kappa shape index (κ3) is 3.75. The zero-order valence-electron chi connectivity index (χ0n) is 15.9. The van der Waals surface area contributed by atoms with Gasteiger partial charge in [0.25, 0.3) is 5.56 Å². The summed E-state index contributed by atoms with van der Waals surface area (Å²) >= 11 is 6.26. The van der Waals surface area contributed by atoms with Gasteiger partial charge in [-0.1, -0.05) is 41.9 Å². The fourth-order valence-electron chi connectivity index (χ4n) is 3.27. The van der Waals surface area contributed by atoms with E-state index in [1.165, 1.54) is 22.9 Å². The highest BCUT2D eigenvalue weighted by Crippen LogP contribution is 2.27. The number of carboxylic acid groups (broad SMARTS) is 1. The molecule has 150 valence electrons. The molecule has 0 aliphatic heterocycles. The van der Waals surface area contributed by atoms with Crippen LogP contribution in [0.4, 0.5) is 5.69 Å². The normalized spacial score (nSPS) is 11.9. The Bertz CT molecular complexity index is 1310. The topological polar surface area (TPSA) is 96.6 Å². The van der Waals surface area contributed by atoms with E-state index in [4.69, 9.17) is 16.6 Å². The first kappa shape index (κ1) is 19.6. The predicted molar refractivity (Wildman–Crippen MR) is 115 cm³/mol. The summed E-state index contributed by atoms with van der Waals surface area (Å²) in [5, 5.41) is 12.9. The number of benzene rings is 1. The molecule has 1 atom stereocenters. The summed E-state index contributed by atoms with van der Waals surface area (Å²) in [6.45, 7) is 1.84. The van der Waals surface area contributed by atoms with Gasteiger partial charge >= 0.3 is 5.97 Å². The Morgan fingerprint density at radius 2 is 1.93 bits per heavy atom. The Morgan fingerprint density at radius 3 is 2.67 bits per heavy atom. The van der Waals surface area contributed by atoms with Crippen molar-refractivity contribution in [3.05, 3.63) is 93.6 Å². The quantitative estimate of drug-likeness (QED) is 0.500. The summed E-state index contributed by atoms with van der Waals surface area (Å²) in [5.41, 5.74) is 2.46. The first-order chi connectivity index (χ1) is 14.4. The van der Waals surface area contributed by atoms with Crippen molar-refractivity contribution < 1.29 is 9.90 Å². The molecule has 2 N–H and O–H groups in total. The molecule has 0 bridgehead atoms. The van der Waals surface area contributed by atoms with Crippen molar-refractivity contribution >= 4 is 28.9 Å². The highest BCUT2D eigenvalue weighted by Gasteiger charge is 2.18. The fraction of sp³-hybridized carbons (Fsp3) is 0.0909. The number of aromatic nitrogens is 3. The van der Waals surface area contributed by atoms with Crippen LogP contribution in [0.2, 0.25) is 5.02 Å². The highest BCUT2D eigenvalue weighted by atomic mass is 35.5. The standard InChI is InChI=1S/C22H17ClN4O3/c1-13(25-17-8-5-9-24-20(17)22(29)30)16-10-15(23)12-27-19(28)11-18(26-21(16)27)14-6-3-2-4-7-14/h2-13,25H,1H3,(H,29,30)/t13-/m1/s1. The lowest BCUT2D eigenvalue weighted by molar-refractivity contribution is 0.0691. The second kappa shape index (κ2) is 7.96. The van der Waals surface area contributed by atoms with Gasteiger partial charge in [0.1, 0.15) is 5.65 Å². The van der Waals surface area contributed by atoms with Crippen molar-refractivity contribution in [2.45, 2.75) is 13.0 Å². The summed E-state index contributed by atoms with van der Waals surface area (Å²) in [6, 6.07) is 15.5. The van der Waals surface area contributed by atoms with Crippen molar-refractivity contribution in [1.82, 2.24) is 14.4 Å². The van der Waals surface area contributed by atoms with Crippen LogP contribution >= 0.6 is 11.6 Å². The molecular formula is C22H17ClN4O3. The number of aromatic carboxylic acids is 1. The fourth-order valence-corrected chi connectivity index (χ4v) is 3.49. The first-order valence-electron chi connectivity index (χ1n) is 9.17. The second-order valence-electron chi connectivity index (χ2n) is 6.72. The molecule has 0 radical (unpaired) electrons. The number of rotatable bonds is 5. The number of nitrogens with one attached hydrogen (secondary N) is 1. The van der Waals surface area contributed by atoms with Crippen LogP contribution in [-0.4, -0.2) is 25.4 Å². The van der Waals surface area contributed by atoms with Gasteiger partial charge in [0.15, 0.2) is 5.69 Å². The Morgan fingerprint density at radius 1 is 1.17 bits per heavy atom. The molecule has 0 aliphatic carbocycles. The van der Waals surface area contributed by atoms with Gasteiger partial charge in [0, 0.05) is 29.6 Å². The maximum atomic E-state index is 12.8. The third-order valence-corrected chi connectivity index (χ3v) is 4.88. The average molecular weight is 421 g/mol. The van der Waals surface area contributed by atoms with E-state index in [9.17, 15) is 14.7 Å². The summed E-state index contributed by atoms with van der Waals surface area (Å²) < 4.78 is 1.39. The number of hydrogen-bond acceptors (Lipinski definition) is 5. The lowest BCUT2D eigenvalue weighted by Crippen LogP contribution is -2.19. The van der Waals surface area contributed by atoms with E-state index >= 15 is 0 Å². The van der Waals surface area contributed by atoms with Crippen LogP contribution < -0.4 is 10.9 Å². The molecule has 30 heavy (non-hydrogen) atoms. The molecule has 0 amide bonds. The second-order valence-corrected chi connectivity index (χ2v) is 7.16. The Labute approximate surface area is 176 Å². The number of anilines is 1. The zero-order valence-corrected chi connectivity index (χ0v) is 16.7. The Balaban J connectivity index is 1.85. The zero-order chi connectivity index (χ0) is 21.3. The third-order valence-electron chi connectivity index (χ3n) is 4.67. The molecule has 0 unspecified atom stereocenters. The van der Waals surface area contributed by atoms with Crippen molar-refractivity contribution in [2.75, 3.05) is 5.32 Å². The lowest BCUT2D eigenvalue weighted by Gasteiger charge is -2.19. The molecule has 4 aromatic rings. The molecule has 0 spiro atoms. The number of halogens is 1. The number of nitrogens with zero attached hydrogens (tertiary/aromatic N) is 3. The van der Waals surface area contributed by atoms with Crippen molar-refractivity contribution in [2.24, 2.45) is 0 Å². The van der Waals surface area contributed by atoms with Gasteiger partial charge in [-0.05, 0) is 25.1 Å². The first-order valence-corrected chi connectivity index (χ1v) is 9.55. The molecule has 0 saturated carbocycles. The molecule has 0 saturated heterocycles. The number of pyridine rings is 2. The maximum absolute atomic E-state index is 12.8. The molecule has 0 fully saturated rings. The number of carboxylic acids is 1. The molecule has 7 nitrogen and oxygen atoms in total. The SMILES string of the molecule is C[C@@H](Nc1cccnc1C(=O)O)c1cc(Cl)cn2c(=O)cc(-c3ccccc3)nc12. The van der Waals surface area contributed by atoms with Crippen LogP contribution in [-0.2, 0) is 0 Å². The molecule has 0 aliphatic rings. The van der Waals surface area contributed by atoms with Gasteiger partial charge in [-0.15, -0.1) is 0 Å². The van der Waals surface area contributed by atoms with Crippen LogP contribution in [0.1, 0.15) is 29.0 Å². The molecule has 3 aromatic heterocycles. The lowest BCUT2D eigenvalue weighted by atomic mass is 10.1. The molecule has 4 rings (SSSR count). The minimum atomic E-state index is -1.14. The minimum Gasteiger partial charge on any atom is -0.476 e. The molecule has 8 heteroatoms. The van der Waals surface area contributed by atoms with Crippen molar-refractivity contribution in [1.29, 1.82) is 0 Å². The van der Waals surface area contributed by atoms with Crippen molar-refractivity contribution in [3.8, 4) is 11.3 Å². The van der Waals surface area contributed by atoms with E-state index in [0.29, 0.717) is 27.6 Å². The molecule has 3 heterocycles. The monoisotopic (exact) mass is 420 g/mol. The van der Waals surface area contributed by atoms with E-state index < -0.39 is 12.0 Å². The van der Waals surface area contributed by atoms with E-state index in [1.807, 2.05) is 37.3 Å². The van der Waals surface area contributed by atoms with Gasteiger partial charge in [0.05, 0.1) is 22.4 Å². The van der Waals surface area contributed by atoms with Crippen molar-refractivity contribution in [3.63, 3.8) is 0 Å². The summed E-state index contributed by atoms with van der Waals surface area (Å²) in [6.07, 6.45) is 2.94. The van der Waals surface area contributed by atoms with E-state index in [-0.39, 0.29) is 11.3 Å². The van der Waals surface area contributed by atoms with E-state index in [1.54, 1.807) is 18.2 Å². The Kier molecular flexibility index (Phi) is 5.20. The smallest absolute Gasteiger partial charge is 0.356 e. The van der Waals surface area contributed by atoms with E-state index in [2.05, 4.69) is 10.3 Å². The Hall–Kier alpha value is -3.71. The number of hydrogen-bond donors (Lipinski definition) is 2. The van der Waals surface area contributed by atoms with Gasteiger partial charge < -0.3 is 10.4 Å². The number of fused-ring (bicyclic) bond motifs is 1. The molecule has 1 aromatic carbocycles. The van der Waals surface area contributed by atoms with Crippen LogP contribution in [0.15, 0.2) is 71.8 Å². The minimum absolute atomic E-state index is 0.0919. The predicted octanol–water partition coefficient (Wildman–Crippen LogP) is 4.28.